The molecule has 1 aromatic heterocycles. The second-order valence-corrected chi connectivity index (χ2v) is 2.40. The molecule has 4 nitrogen and oxygen atoms in total. The van der Waals surface area contributed by atoms with Crippen LogP contribution in [-0.2, 0) is 6.54 Å². The Labute approximate surface area is 94.0 Å². The first-order valence-electron chi connectivity index (χ1n) is 3.54. The van der Waals surface area contributed by atoms with Gasteiger partial charge in [-0.25, -0.2) is 4.98 Å². The Hall–Kier alpha value is -0.810. The fourth-order valence-electron chi connectivity index (χ4n) is 1.10. The highest BCUT2D eigenvalue weighted by Crippen LogP contribution is 2.09. The average Bonchev–Trinajstić information content (AvgIpc) is 2.46. The van der Waals surface area contributed by atoms with Crippen molar-refractivity contribution in [2.24, 2.45) is 5.73 Å². The van der Waals surface area contributed by atoms with Crippen LogP contribution in [0.25, 0.3) is 11.0 Å². The highest BCUT2D eigenvalue weighted by Gasteiger charge is 1.97. The summed E-state index contributed by atoms with van der Waals surface area (Å²) in [5, 5.41) is 0. The van der Waals surface area contributed by atoms with Crippen LogP contribution >= 0.6 is 24.8 Å². The van der Waals surface area contributed by atoms with E-state index in [1.807, 2.05) is 24.3 Å². The predicted octanol–water partition coefficient (Wildman–Crippen LogP) is 1.04. The van der Waals surface area contributed by atoms with Crippen LogP contribution in [0, 0.1) is 0 Å². The third-order valence-corrected chi connectivity index (χ3v) is 1.63. The number of aromatic nitrogens is 2. The molecule has 80 valence electrons. The first kappa shape index (κ1) is 15.7. The smallest absolute Gasteiger partial charge is 0.121 e. The summed E-state index contributed by atoms with van der Waals surface area (Å²) < 4.78 is 0. The maximum atomic E-state index is 5.42. The number of aromatic amines is 1. The summed E-state index contributed by atoms with van der Waals surface area (Å²) in [6.07, 6.45) is 0. The van der Waals surface area contributed by atoms with Gasteiger partial charge in [-0.2, -0.15) is 0 Å². The normalized spacial score (nSPS) is 8.36. The Morgan fingerprint density at radius 2 is 1.86 bits per heavy atom. The number of nitrogens with zero attached hydrogens (tertiary/aromatic N) is 1. The van der Waals surface area contributed by atoms with E-state index >= 15 is 0 Å². The van der Waals surface area contributed by atoms with Crippen molar-refractivity contribution in [3.8, 4) is 0 Å². The lowest BCUT2D eigenvalue weighted by molar-refractivity contribution is 0.824. The number of nitrogens with one attached hydrogen (secondary N) is 1. The molecule has 0 atom stereocenters. The van der Waals surface area contributed by atoms with Crippen LogP contribution in [0.15, 0.2) is 24.3 Å². The number of para-hydroxylation sites is 2. The molecule has 0 aliphatic rings. The SMILES string of the molecule is Cl.Cl.NCc1nc2ccccc2[nH]1.O. The van der Waals surface area contributed by atoms with Crippen molar-refractivity contribution in [2.45, 2.75) is 6.54 Å². The molecule has 0 spiro atoms. The van der Waals surface area contributed by atoms with E-state index in [0.717, 1.165) is 16.9 Å². The molecule has 2 rings (SSSR count). The predicted molar refractivity (Wildman–Crippen MR) is 62.1 cm³/mol. The number of imidazole rings is 1. The second-order valence-electron chi connectivity index (χ2n) is 2.40. The summed E-state index contributed by atoms with van der Waals surface area (Å²) in [6.45, 7) is 0.467. The van der Waals surface area contributed by atoms with E-state index in [4.69, 9.17) is 5.73 Å². The number of halogens is 2. The molecule has 14 heavy (non-hydrogen) atoms. The Morgan fingerprint density at radius 3 is 2.43 bits per heavy atom. The summed E-state index contributed by atoms with van der Waals surface area (Å²) in [6, 6.07) is 7.89. The first-order valence-corrected chi connectivity index (χ1v) is 3.54. The minimum atomic E-state index is 0. The number of rotatable bonds is 1. The summed E-state index contributed by atoms with van der Waals surface area (Å²) in [5.74, 6) is 0.839. The standard InChI is InChI=1S/C8H9N3.2ClH.H2O/c9-5-8-10-6-3-1-2-4-7(6)11-8;;;/h1-4H,5,9H2,(H,10,11);2*1H;1H2. The summed E-state index contributed by atoms with van der Waals surface area (Å²) in [4.78, 5) is 7.36. The van der Waals surface area contributed by atoms with Gasteiger partial charge in [0.2, 0.25) is 0 Å². The highest BCUT2D eigenvalue weighted by molar-refractivity contribution is 5.85. The molecule has 0 aliphatic carbocycles. The molecular formula is C8H13Cl2N3O. The van der Waals surface area contributed by atoms with Crippen molar-refractivity contribution in [1.82, 2.24) is 9.97 Å². The van der Waals surface area contributed by atoms with Gasteiger partial charge in [0.15, 0.2) is 0 Å². The zero-order valence-electron chi connectivity index (χ0n) is 7.36. The van der Waals surface area contributed by atoms with E-state index in [1.54, 1.807) is 0 Å². The van der Waals surface area contributed by atoms with Crippen LogP contribution in [0.2, 0.25) is 0 Å². The van der Waals surface area contributed by atoms with Gasteiger partial charge >= 0.3 is 0 Å². The van der Waals surface area contributed by atoms with Gasteiger partial charge in [-0.15, -0.1) is 24.8 Å². The quantitative estimate of drug-likeness (QED) is 0.777. The lowest BCUT2D eigenvalue weighted by Gasteiger charge is -1.82. The largest absolute Gasteiger partial charge is 0.412 e. The molecular weight excluding hydrogens is 225 g/mol. The van der Waals surface area contributed by atoms with Crippen LogP contribution in [0.3, 0.4) is 0 Å². The molecule has 1 aromatic carbocycles. The van der Waals surface area contributed by atoms with Crippen molar-refractivity contribution < 1.29 is 5.48 Å². The molecule has 0 bridgehead atoms. The molecule has 1 heterocycles. The summed E-state index contributed by atoms with van der Waals surface area (Å²) in [5.41, 5.74) is 7.45. The molecule has 0 unspecified atom stereocenters. The minimum Gasteiger partial charge on any atom is -0.412 e. The van der Waals surface area contributed by atoms with Crippen molar-refractivity contribution in [1.29, 1.82) is 0 Å². The zero-order chi connectivity index (χ0) is 7.68. The Balaban J connectivity index is 0. The lowest BCUT2D eigenvalue weighted by atomic mass is 10.3. The maximum Gasteiger partial charge on any atom is 0.121 e. The van der Waals surface area contributed by atoms with Gasteiger partial charge < -0.3 is 16.2 Å². The van der Waals surface area contributed by atoms with Crippen molar-refractivity contribution in [3.05, 3.63) is 30.1 Å². The van der Waals surface area contributed by atoms with Crippen molar-refractivity contribution in [2.75, 3.05) is 0 Å². The molecule has 0 saturated heterocycles. The van der Waals surface area contributed by atoms with E-state index < -0.39 is 0 Å². The summed E-state index contributed by atoms with van der Waals surface area (Å²) in [7, 11) is 0. The van der Waals surface area contributed by atoms with Gasteiger partial charge in [0, 0.05) is 0 Å². The van der Waals surface area contributed by atoms with E-state index in [2.05, 4.69) is 9.97 Å². The van der Waals surface area contributed by atoms with Crippen LogP contribution in [0.1, 0.15) is 5.82 Å². The van der Waals surface area contributed by atoms with E-state index in [1.165, 1.54) is 0 Å². The van der Waals surface area contributed by atoms with Gasteiger partial charge in [0.25, 0.3) is 0 Å². The van der Waals surface area contributed by atoms with Crippen LogP contribution < -0.4 is 5.73 Å². The zero-order valence-corrected chi connectivity index (χ0v) is 8.99. The van der Waals surface area contributed by atoms with Crippen LogP contribution in [-0.4, -0.2) is 15.4 Å². The average molecular weight is 238 g/mol. The maximum absolute atomic E-state index is 5.42. The first-order chi connectivity index (χ1) is 5.40. The van der Waals surface area contributed by atoms with Gasteiger partial charge in [-0.05, 0) is 12.1 Å². The molecule has 2 aromatic rings. The minimum absolute atomic E-state index is 0. The highest BCUT2D eigenvalue weighted by atomic mass is 35.5. The van der Waals surface area contributed by atoms with E-state index in [-0.39, 0.29) is 30.3 Å². The Kier molecular flexibility index (Phi) is 7.40. The third-order valence-electron chi connectivity index (χ3n) is 1.63. The molecule has 0 amide bonds. The molecule has 0 fully saturated rings. The monoisotopic (exact) mass is 237 g/mol. The molecule has 6 heteroatoms. The van der Waals surface area contributed by atoms with Crippen LogP contribution in [0.5, 0.6) is 0 Å². The van der Waals surface area contributed by atoms with Gasteiger partial charge in [-0.1, -0.05) is 12.1 Å². The molecule has 0 saturated carbocycles. The number of hydrogen-bond donors (Lipinski definition) is 2. The van der Waals surface area contributed by atoms with Crippen LogP contribution in [0.4, 0.5) is 0 Å². The number of hydrogen-bond acceptors (Lipinski definition) is 2. The van der Waals surface area contributed by atoms with Crippen molar-refractivity contribution in [3.63, 3.8) is 0 Å². The van der Waals surface area contributed by atoms with E-state index in [9.17, 15) is 0 Å². The third kappa shape index (κ3) is 2.85. The second kappa shape index (κ2) is 6.62. The molecule has 0 aliphatic heterocycles. The fourth-order valence-corrected chi connectivity index (χ4v) is 1.10. The lowest BCUT2D eigenvalue weighted by Crippen LogP contribution is -1.97. The molecule has 5 N–H and O–H groups in total. The van der Waals surface area contributed by atoms with Gasteiger partial charge in [-0.3, -0.25) is 0 Å². The number of benzene rings is 1. The Bertz CT molecular complexity index is 344. The van der Waals surface area contributed by atoms with Gasteiger partial charge in [0.05, 0.1) is 17.6 Å². The Morgan fingerprint density at radius 1 is 1.21 bits per heavy atom. The summed E-state index contributed by atoms with van der Waals surface area (Å²) >= 11 is 0. The molecule has 0 radical (unpaired) electrons. The van der Waals surface area contributed by atoms with Gasteiger partial charge in [0.1, 0.15) is 5.82 Å². The number of nitrogens with two attached hydrogens (primary N) is 1. The van der Waals surface area contributed by atoms with Crippen molar-refractivity contribution >= 4 is 35.8 Å². The van der Waals surface area contributed by atoms with E-state index in [0.29, 0.717) is 6.54 Å². The number of H-pyrrole nitrogens is 1. The fraction of sp³-hybridized carbons (Fsp3) is 0.125. The number of fused-ring (bicyclic) bond motifs is 1. The topological polar surface area (TPSA) is 86.2 Å².